The van der Waals surface area contributed by atoms with E-state index >= 15 is 0 Å². The maximum atomic E-state index is 8.06. The van der Waals surface area contributed by atoms with E-state index in [1.807, 2.05) is 0 Å². The zero-order valence-electron chi connectivity index (χ0n) is 17.3. The predicted octanol–water partition coefficient (Wildman–Crippen LogP) is 5.60. The molecule has 0 bridgehead atoms. The van der Waals surface area contributed by atoms with E-state index in [4.69, 9.17) is 20.7 Å². The molecule has 158 valence electrons. The monoisotopic (exact) mass is 440 g/mol. The first-order valence-corrected chi connectivity index (χ1v) is 14.2. The fourth-order valence-electron chi connectivity index (χ4n) is 4.47. The molecule has 0 atom stereocenters. The first kappa shape index (κ1) is 21.5. The maximum absolute atomic E-state index is 8.06. The van der Waals surface area contributed by atoms with Crippen molar-refractivity contribution in [2.45, 2.75) is 32.0 Å². The molecule has 1 fully saturated rings. The summed E-state index contributed by atoms with van der Waals surface area (Å²) in [5.74, 6) is -3.13. The molecule has 3 aromatic carbocycles. The zero-order chi connectivity index (χ0) is 20.7. The van der Waals surface area contributed by atoms with Crippen molar-refractivity contribution >= 4 is 33.1 Å². The van der Waals surface area contributed by atoms with Crippen molar-refractivity contribution in [3.63, 3.8) is 0 Å². The van der Waals surface area contributed by atoms with Crippen LogP contribution in [0.5, 0.6) is 0 Å². The third-order valence-electron chi connectivity index (χ3n) is 6.05. The number of rotatable bonds is 8. The predicted molar refractivity (Wildman–Crippen MR) is 130 cm³/mol. The SMILES string of the molecule is ClP(CCCCC1OCCCO1)(c1ccccc1)(c1ccccc1)c1ccccc1. The van der Waals surface area contributed by atoms with Gasteiger partial charge in [-0.3, -0.25) is 0 Å². The van der Waals surface area contributed by atoms with Gasteiger partial charge in [0.15, 0.2) is 0 Å². The normalized spacial score (nSPS) is 16.6. The van der Waals surface area contributed by atoms with Crippen molar-refractivity contribution in [1.82, 2.24) is 0 Å². The molecular weight excluding hydrogens is 411 g/mol. The molecule has 1 aliphatic heterocycles. The van der Waals surface area contributed by atoms with Crippen molar-refractivity contribution in [2.24, 2.45) is 0 Å². The third-order valence-corrected chi connectivity index (χ3v) is 13.6. The topological polar surface area (TPSA) is 18.5 Å². The molecule has 4 rings (SSSR count). The Hall–Kier alpha value is -1.70. The van der Waals surface area contributed by atoms with Crippen LogP contribution in [0.3, 0.4) is 0 Å². The Balaban J connectivity index is 1.72. The number of halogens is 1. The Kier molecular flexibility index (Phi) is 6.91. The second kappa shape index (κ2) is 9.62. The summed E-state index contributed by atoms with van der Waals surface area (Å²) < 4.78 is 11.5. The second-order valence-electron chi connectivity index (χ2n) is 7.93. The van der Waals surface area contributed by atoms with Gasteiger partial charge in [-0.05, 0) is 0 Å². The summed E-state index contributed by atoms with van der Waals surface area (Å²) in [6, 6.07) is 32.1. The summed E-state index contributed by atoms with van der Waals surface area (Å²) in [7, 11) is 0. The van der Waals surface area contributed by atoms with Gasteiger partial charge in [0.1, 0.15) is 0 Å². The molecule has 0 aliphatic carbocycles. The number of ether oxygens (including phenoxy) is 2. The van der Waals surface area contributed by atoms with Gasteiger partial charge in [0.25, 0.3) is 0 Å². The fourth-order valence-corrected chi connectivity index (χ4v) is 10.7. The molecule has 0 aromatic heterocycles. The minimum atomic E-state index is -3.13. The van der Waals surface area contributed by atoms with Crippen LogP contribution in [0.4, 0.5) is 0 Å². The van der Waals surface area contributed by atoms with Crippen molar-refractivity contribution in [1.29, 1.82) is 0 Å². The van der Waals surface area contributed by atoms with E-state index in [0.717, 1.165) is 45.1 Å². The van der Waals surface area contributed by atoms with Gasteiger partial charge in [-0.25, -0.2) is 0 Å². The van der Waals surface area contributed by atoms with Gasteiger partial charge in [0.05, 0.1) is 0 Å². The average molecular weight is 441 g/mol. The van der Waals surface area contributed by atoms with Crippen LogP contribution < -0.4 is 15.9 Å². The molecule has 4 heteroatoms. The summed E-state index contributed by atoms with van der Waals surface area (Å²) in [6.07, 6.45) is 4.81. The van der Waals surface area contributed by atoms with Gasteiger partial charge in [0, 0.05) is 0 Å². The van der Waals surface area contributed by atoms with Crippen molar-refractivity contribution in [3.05, 3.63) is 91.0 Å². The molecule has 0 amide bonds. The third kappa shape index (κ3) is 4.20. The van der Waals surface area contributed by atoms with Gasteiger partial charge < -0.3 is 0 Å². The van der Waals surface area contributed by atoms with Crippen LogP contribution in [0, 0.1) is 0 Å². The van der Waals surface area contributed by atoms with Crippen LogP contribution in [0.2, 0.25) is 0 Å². The molecule has 3 aromatic rings. The quantitative estimate of drug-likeness (QED) is 0.335. The molecule has 1 heterocycles. The number of hydrogen-bond donors (Lipinski definition) is 0. The fraction of sp³-hybridized carbons (Fsp3) is 0.308. The average Bonchev–Trinajstić information content (AvgIpc) is 2.84. The van der Waals surface area contributed by atoms with Gasteiger partial charge >= 0.3 is 185 Å². The molecule has 1 saturated heterocycles. The van der Waals surface area contributed by atoms with E-state index in [9.17, 15) is 0 Å². The van der Waals surface area contributed by atoms with Gasteiger partial charge in [-0.15, -0.1) is 0 Å². The van der Waals surface area contributed by atoms with E-state index in [1.165, 1.54) is 15.9 Å². The molecule has 0 saturated carbocycles. The molecule has 1 aliphatic rings. The number of unbranched alkanes of at least 4 members (excludes halogenated alkanes) is 1. The van der Waals surface area contributed by atoms with Gasteiger partial charge in [0.2, 0.25) is 0 Å². The summed E-state index contributed by atoms with van der Waals surface area (Å²) in [5.41, 5.74) is 0. The van der Waals surface area contributed by atoms with Crippen molar-refractivity contribution < 1.29 is 9.47 Å². The van der Waals surface area contributed by atoms with Crippen molar-refractivity contribution in [3.8, 4) is 0 Å². The Morgan fingerprint density at radius 1 is 0.667 bits per heavy atom. The van der Waals surface area contributed by atoms with Crippen LogP contribution in [0.15, 0.2) is 91.0 Å². The van der Waals surface area contributed by atoms with Crippen LogP contribution in [0.1, 0.15) is 25.7 Å². The van der Waals surface area contributed by atoms with Crippen LogP contribution in [0.25, 0.3) is 0 Å². The van der Waals surface area contributed by atoms with Crippen LogP contribution in [-0.4, -0.2) is 25.7 Å². The van der Waals surface area contributed by atoms with Crippen LogP contribution >= 0.6 is 17.2 Å². The van der Waals surface area contributed by atoms with E-state index in [0.29, 0.717) is 0 Å². The van der Waals surface area contributed by atoms with Crippen molar-refractivity contribution in [2.75, 3.05) is 19.4 Å². The number of hydrogen-bond acceptors (Lipinski definition) is 2. The van der Waals surface area contributed by atoms with E-state index in [2.05, 4.69) is 91.0 Å². The molecule has 0 N–H and O–H groups in total. The molecule has 30 heavy (non-hydrogen) atoms. The first-order valence-electron chi connectivity index (χ1n) is 10.8. The minimum absolute atomic E-state index is 0.0646. The Morgan fingerprint density at radius 3 is 1.53 bits per heavy atom. The van der Waals surface area contributed by atoms with Crippen LogP contribution in [-0.2, 0) is 9.47 Å². The summed E-state index contributed by atoms with van der Waals surface area (Å²) >= 11 is 8.06. The molecule has 0 unspecified atom stereocenters. The first-order chi connectivity index (χ1) is 14.7. The summed E-state index contributed by atoms with van der Waals surface area (Å²) in [6.45, 7) is 1.61. The molecule has 0 radical (unpaired) electrons. The van der Waals surface area contributed by atoms with Gasteiger partial charge in [-0.1, -0.05) is 0 Å². The molecule has 0 spiro atoms. The van der Waals surface area contributed by atoms with E-state index in [1.54, 1.807) is 0 Å². The van der Waals surface area contributed by atoms with E-state index in [-0.39, 0.29) is 6.29 Å². The standard InChI is InChI=1S/C26H30ClO2P/c27-30(23-13-4-1-5-14-23,24-15-6-2-7-16-24,25-17-8-3-9-18-25)22-11-10-19-26-28-20-12-21-29-26/h1-9,13-18,26H,10-12,19-22H2. The Morgan fingerprint density at radius 2 is 1.10 bits per heavy atom. The van der Waals surface area contributed by atoms with E-state index < -0.39 is 5.96 Å². The number of benzene rings is 3. The molecule has 2 nitrogen and oxygen atoms in total. The zero-order valence-corrected chi connectivity index (χ0v) is 19.0. The Labute approximate surface area is 184 Å². The second-order valence-corrected chi connectivity index (χ2v) is 14.5. The summed E-state index contributed by atoms with van der Waals surface area (Å²) in [4.78, 5) is 0. The summed E-state index contributed by atoms with van der Waals surface area (Å²) in [5, 5.41) is 3.69. The Bertz CT molecular complexity index is 812. The van der Waals surface area contributed by atoms with Gasteiger partial charge in [-0.2, -0.15) is 0 Å². The molecular formula is C26H30ClO2P.